The number of Topliss-reactive ketones (excluding diaryl/α,β-unsaturated/α-hetero) is 1. The molecule has 2 N–H and O–H groups in total. The third-order valence-electron chi connectivity index (χ3n) is 4.29. The molecule has 3 rings (SSSR count). The first-order chi connectivity index (χ1) is 10.6. The Balaban J connectivity index is 1.75. The number of H-pyrrole nitrogens is 1. The van der Waals surface area contributed by atoms with E-state index in [1.54, 1.807) is 24.4 Å². The number of amides is 1. The van der Waals surface area contributed by atoms with Crippen molar-refractivity contribution >= 4 is 34.2 Å². The molecule has 1 aromatic carbocycles. The van der Waals surface area contributed by atoms with Crippen LogP contribution < -0.4 is 5.32 Å². The summed E-state index contributed by atoms with van der Waals surface area (Å²) in [5.74, 6) is -0.999. The highest BCUT2D eigenvalue weighted by Gasteiger charge is 2.23. The highest BCUT2D eigenvalue weighted by Crippen LogP contribution is 2.23. The molecule has 0 saturated heterocycles. The van der Waals surface area contributed by atoms with Crippen LogP contribution in [-0.4, -0.2) is 22.7 Å². The van der Waals surface area contributed by atoms with Crippen molar-refractivity contribution in [2.45, 2.75) is 44.6 Å². The van der Waals surface area contributed by atoms with Gasteiger partial charge in [-0.05, 0) is 25.0 Å². The lowest BCUT2D eigenvalue weighted by atomic mass is 10.1. The van der Waals surface area contributed by atoms with Crippen molar-refractivity contribution in [3.8, 4) is 0 Å². The van der Waals surface area contributed by atoms with E-state index in [1.807, 2.05) is 0 Å². The van der Waals surface area contributed by atoms with E-state index < -0.39 is 11.7 Å². The molecule has 0 atom stereocenters. The van der Waals surface area contributed by atoms with Crippen molar-refractivity contribution in [2.24, 2.45) is 0 Å². The maximum atomic E-state index is 12.4. The first kappa shape index (κ1) is 15.1. The standard InChI is InChI=1S/C17H19ClN2O2/c18-11-7-8-13-14(10-19-15(13)9-11)16(21)17(22)20-12-5-3-1-2-4-6-12/h7-10,12,19H,1-6H2,(H,20,22). The maximum absolute atomic E-state index is 12.4. The molecule has 4 nitrogen and oxygen atoms in total. The van der Waals surface area contributed by atoms with Gasteiger partial charge in [0.2, 0.25) is 0 Å². The van der Waals surface area contributed by atoms with Gasteiger partial charge in [-0.25, -0.2) is 0 Å². The maximum Gasteiger partial charge on any atom is 0.292 e. The molecule has 1 heterocycles. The number of rotatable bonds is 3. The first-order valence-electron chi connectivity index (χ1n) is 7.77. The molecule has 0 radical (unpaired) electrons. The van der Waals surface area contributed by atoms with E-state index in [4.69, 9.17) is 11.6 Å². The molecule has 1 aromatic heterocycles. The van der Waals surface area contributed by atoms with Crippen LogP contribution in [0.2, 0.25) is 5.02 Å². The molecule has 0 unspecified atom stereocenters. The first-order valence-corrected chi connectivity index (χ1v) is 8.15. The van der Waals surface area contributed by atoms with Gasteiger partial charge < -0.3 is 10.3 Å². The van der Waals surface area contributed by atoms with E-state index in [0.717, 1.165) is 36.6 Å². The second-order valence-electron chi connectivity index (χ2n) is 5.88. The fourth-order valence-corrected chi connectivity index (χ4v) is 3.26. The van der Waals surface area contributed by atoms with Crippen LogP contribution in [0.4, 0.5) is 0 Å². The highest BCUT2D eigenvalue weighted by molar-refractivity contribution is 6.45. The number of aromatic amines is 1. The van der Waals surface area contributed by atoms with Crippen LogP contribution in [0.1, 0.15) is 48.9 Å². The highest BCUT2D eigenvalue weighted by atomic mass is 35.5. The smallest absolute Gasteiger partial charge is 0.292 e. The van der Waals surface area contributed by atoms with Crippen LogP contribution in [0.25, 0.3) is 10.9 Å². The molecule has 0 spiro atoms. The number of carbonyl (C=O) groups is 2. The largest absolute Gasteiger partial charge is 0.360 e. The molecule has 1 aliphatic rings. The fourth-order valence-electron chi connectivity index (χ4n) is 3.08. The van der Waals surface area contributed by atoms with Crippen molar-refractivity contribution in [1.29, 1.82) is 0 Å². The quantitative estimate of drug-likeness (QED) is 0.513. The Kier molecular flexibility index (Phi) is 4.48. The molecule has 2 aromatic rings. The molecule has 1 fully saturated rings. The molecule has 5 heteroatoms. The van der Waals surface area contributed by atoms with Crippen molar-refractivity contribution in [1.82, 2.24) is 10.3 Å². The second kappa shape index (κ2) is 6.53. The van der Waals surface area contributed by atoms with Gasteiger partial charge >= 0.3 is 0 Å². The van der Waals surface area contributed by atoms with Crippen molar-refractivity contribution in [2.75, 3.05) is 0 Å². The Labute approximate surface area is 134 Å². The van der Waals surface area contributed by atoms with Gasteiger partial charge in [0.05, 0.1) is 5.56 Å². The summed E-state index contributed by atoms with van der Waals surface area (Å²) in [4.78, 5) is 27.6. The summed E-state index contributed by atoms with van der Waals surface area (Å²) in [6, 6.07) is 5.35. The number of halogens is 1. The van der Waals surface area contributed by atoms with E-state index in [-0.39, 0.29) is 6.04 Å². The number of carbonyl (C=O) groups excluding carboxylic acids is 2. The van der Waals surface area contributed by atoms with Gasteiger partial charge in [-0.3, -0.25) is 9.59 Å². The van der Waals surface area contributed by atoms with Crippen molar-refractivity contribution in [3.05, 3.63) is 35.0 Å². The van der Waals surface area contributed by atoms with E-state index in [2.05, 4.69) is 10.3 Å². The summed E-state index contributed by atoms with van der Waals surface area (Å²) in [5, 5.41) is 4.22. The van der Waals surface area contributed by atoms with Crippen LogP contribution in [0.5, 0.6) is 0 Å². The van der Waals surface area contributed by atoms with Gasteiger partial charge in [0, 0.05) is 28.2 Å². The van der Waals surface area contributed by atoms with Gasteiger partial charge in [0.25, 0.3) is 11.7 Å². The van der Waals surface area contributed by atoms with E-state index in [1.165, 1.54) is 12.8 Å². The molecule has 116 valence electrons. The lowest BCUT2D eigenvalue weighted by Gasteiger charge is -2.15. The number of aromatic nitrogens is 1. The van der Waals surface area contributed by atoms with Crippen LogP contribution in [0, 0.1) is 0 Å². The minimum absolute atomic E-state index is 0.124. The number of hydrogen-bond acceptors (Lipinski definition) is 2. The van der Waals surface area contributed by atoms with Crippen LogP contribution >= 0.6 is 11.6 Å². The van der Waals surface area contributed by atoms with Gasteiger partial charge in [-0.2, -0.15) is 0 Å². The second-order valence-corrected chi connectivity index (χ2v) is 6.32. The lowest BCUT2D eigenvalue weighted by molar-refractivity contribution is -0.117. The topological polar surface area (TPSA) is 62.0 Å². The van der Waals surface area contributed by atoms with Crippen molar-refractivity contribution in [3.63, 3.8) is 0 Å². The molecular formula is C17H19ClN2O2. The van der Waals surface area contributed by atoms with Gasteiger partial charge in [-0.1, -0.05) is 43.4 Å². The van der Waals surface area contributed by atoms with E-state index >= 15 is 0 Å². The summed E-state index contributed by atoms with van der Waals surface area (Å²) in [6.45, 7) is 0. The summed E-state index contributed by atoms with van der Waals surface area (Å²) in [7, 11) is 0. The van der Waals surface area contributed by atoms with Crippen LogP contribution in [0.15, 0.2) is 24.4 Å². The Hall–Kier alpha value is -1.81. The predicted octanol–water partition coefficient (Wildman–Crippen LogP) is 3.84. The Bertz CT molecular complexity index is 700. The molecule has 0 aliphatic heterocycles. The fraction of sp³-hybridized carbons (Fsp3) is 0.412. The molecular weight excluding hydrogens is 300 g/mol. The number of benzene rings is 1. The Morgan fingerprint density at radius 3 is 2.59 bits per heavy atom. The van der Waals surface area contributed by atoms with Gasteiger partial charge in [0.15, 0.2) is 0 Å². The number of ketones is 1. The molecule has 0 bridgehead atoms. The zero-order valence-corrected chi connectivity index (χ0v) is 13.1. The lowest BCUT2D eigenvalue weighted by Crippen LogP contribution is -2.39. The third kappa shape index (κ3) is 3.17. The normalized spacial score (nSPS) is 16.4. The molecule has 1 amide bonds. The molecule has 22 heavy (non-hydrogen) atoms. The third-order valence-corrected chi connectivity index (χ3v) is 4.52. The van der Waals surface area contributed by atoms with E-state index in [0.29, 0.717) is 10.6 Å². The average molecular weight is 319 g/mol. The molecule has 1 aliphatic carbocycles. The van der Waals surface area contributed by atoms with Crippen molar-refractivity contribution < 1.29 is 9.59 Å². The Morgan fingerprint density at radius 2 is 1.86 bits per heavy atom. The summed E-state index contributed by atoms with van der Waals surface area (Å²) in [5.41, 5.74) is 1.16. The minimum atomic E-state index is -0.511. The van der Waals surface area contributed by atoms with Crippen LogP contribution in [0.3, 0.4) is 0 Å². The predicted molar refractivity (Wildman–Crippen MR) is 87.3 cm³/mol. The zero-order chi connectivity index (χ0) is 15.5. The SMILES string of the molecule is O=C(NC1CCCCCC1)C(=O)c1c[nH]c2cc(Cl)ccc12. The zero-order valence-electron chi connectivity index (χ0n) is 12.3. The van der Waals surface area contributed by atoms with E-state index in [9.17, 15) is 9.59 Å². The monoisotopic (exact) mass is 318 g/mol. The Morgan fingerprint density at radius 1 is 1.14 bits per heavy atom. The number of hydrogen-bond donors (Lipinski definition) is 2. The molecule has 1 saturated carbocycles. The average Bonchev–Trinajstić information content (AvgIpc) is 2.74. The van der Waals surface area contributed by atoms with Gasteiger partial charge in [0.1, 0.15) is 0 Å². The minimum Gasteiger partial charge on any atom is -0.360 e. The summed E-state index contributed by atoms with van der Waals surface area (Å²) >= 11 is 5.93. The number of nitrogens with one attached hydrogen (secondary N) is 2. The number of fused-ring (bicyclic) bond motifs is 1. The summed E-state index contributed by atoms with van der Waals surface area (Å²) < 4.78 is 0. The summed E-state index contributed by atoms with van der Waals surface area (Å²) in [6.07, 6.45) is 8.16. The van der Waals surface area contributed by atoms with Gasteiger partial charge in [-0.15, -0.1) is 0 Å². The van der Waals surface area contributed by atoms with Crippen LogP contribution in [-0.2, 0) is 4.79 Å².